The molecule has 2 atom stereocenters. The Hall–Kier alpha value is -0.830. The summed E-state index contributed by atoms with van der Waals surface area (Å²) in [4.78, 5) is 7.98. The Balaban J connectivity index is 2.07. The number of nitrogens with one attached hydrogen (secondary N) is 1. The van der Waals surface area contributed by atoms with Crippen molar-refractivity contribution in [3.63, 3.8) is 0 Å². The van der Waals surface area contributed by atoms with Crippen LogP contribution in [0.15, 0.2) is 12.5 Å². The summed E-state index contributed by atoms with van der Waals surface area (Å²) in [5.74, 6) is 1.47. The molecule has 0 saturated heterocycles. The fourth-order valence-electron chi connectivity index (χ4n) is 1.95. The van der Waals surface area contributed by atoms with Gasteiger partial charge in [0.05, 0.1) is 6.20 Å². The van der Waals surface area contributed by atoms with Crippen molar-refractivity contribution < 1.29 is 0 Å². The number of nitrogens with zero attached hydrogens (tertiary/aromatic N) is 2. The molecule has 2 unspecified atom stereocenters. The van der Waals surface area contributed by atoms with Gasteiger partial charge < -0.3 is 5.32 Å². The minimum Gasteiger partial charge on any atom is -0.366 e. The van der Waals surface area contributed by atoms with Crippen molar-refractivity contribution in [2.75, 3.05) is 5.32 Å². The molecule has 0 aliphatic heterocycles. The summed E-state index contributed by atoms with van der Waals surface area (Å²) in [6.45, 7) is 2.26. The lowest BCUT2D eigenvalue weighted by atomic mass is 10.1. The normalized spacial score (nSPS) is 26.4. The Labute approximate surface area is 88.9 Å². The van der Waals surface area contributed by atoms with Crippen LogP contribution < -0.4 is 5.32 Å². The van der Waals surface area contributed by atoms with Gasteiger partial charge in [-0.1, -0.05) is 24.9 Å². The van der Waals surface area contributed by atoms with Crippen molar-refractivity contribution in [3.8, 4) is 0 Å². The number of anilines is 1. The van der Waals surface area contributed by atoms with Gasteiger partial charge in [-0.2, -0.15) is 0 Å². The van der Waals surface area contributed by atoms with Gasteiger partial charge in [0.1, 0.15) is 17.2 Å². The molecular formula is C10H14ClN3. The van der Waals surface area contributed by atoms with E-state index in [1.165, 1.54) is 25.6 Å². The Bertz CT molecular complexity index is 316. The largest absolute Gasteiger partial charge is 0.366 e. The van der Waals surface area contributed by atoms with Crippen LogP contribution in [0.5, 0.6) is 0 Å². The van der Waals surface area contributed by atoms with Crippen LogP contribution in [0.1, 0.15) is 26.2 Å². The lowest BCUT2D eigenvalue weighted by molar-refractivity contribution is 0.555. The van der Waals surface area contributed by atoms with E-state index in [0.29, 0.717) is 17.0 Å². The van der Waals surface area contributed by atoms with Crippen molar-refractivity contribution in [1.29, 1.82) is 0 Å². The maximum absolute atomic E-state index is 5.96. The molecule has 3 nitrogen and oxygen atoms in total. The Kier molecular flexibility index (Phi) is 2.87. The molecule has 1 aromatic rings. The van der Waals surface area contributed by atoms with Crippen molar-refractivity contribution in [3.05, 3.63) is 17.5 Å². The summed E-state index contributed by atoms with van der Waals surface area (Å²) >= 11 is 5.96. The average molecular weight is 212 g/mol. The zero-order chi connectivity index (χ0) is 9.97. The lowest BCUT2D eigenvalue weighted by Gasteiger charge is -2.18. The molecule has 1 aliphatic rings. The number of halogens is 1. The third-order valence-corrected chi connectivity index (χ3v) is 3.13. The molecule has 1 aliphatic carbocycles. The molecular weight excluding hydrogens is 198 g/mol. The predicted octanol–water partition coefficient (Wildman–Crippen LogP) is 2.73. The highest BCUT2D eigenvalue weighted by Crippen LogP contribution is 2.29. The fraction of sp³-hybridized carbons (Fsp3) is 0.600. The van der Waals surface area contributed by atoms with Gasteiger partial charge in [-0.15, -0.1) is 0 Å². The van der Waals surface area contributed by atoms with Gasteiger partial charge in [-0.25, -0.2) is 9.97 Å². The average Bonchev–Trinajstić information content (AvgIpc) is 2.56. The van der Waals surface area contributed by atoms with Gasteiger partial charge in [0.15, 0.2) is 0 Å². The highest BCUT2D eigenvalue weighted by molar-refractivity contribution is 6.32. The van der Waals surface area contributed by atoms with E-state index in [1.807, 2.05) is 0 Å². The van der Waals surface area contributed by atoms with Crippen LogP contribution in [0.25, 0.3) is 0 Å². The van der Waals surface area contributed by atoms with E-state index in [0.717, 1.165) is 5.82 Å². The first kappa shape index (κ1) is 9.71. The van der Waals surface area contributed by atoms with E-state index in [-0.39, 0.29) is 0 Å². The van der Waals surface area contributed by atoms with Crippen LogP contribution in [0.2, 0.25) is 5.02 Å². The minimum atomic E-state index is 0.516. The van der Waals surface area contributed by atoms with E-state index in [4.69, 9.17) is 11.6 Å². The van der Waals surface area contributed by atoms with E-state index in [9.17, 15) is 0 Å². The van der Waals surface area contributed by atoms with Crippen molar-refractivity contribution in [2.24, 2.45) is 5.92 Å². The Morgan fingerprint density at radius 3 is 3.00 bits per heavy atom. The molecule has 1 saturated carbocycles. The molecule has 76 valence electrons. The van der Waals surface area contributed by atoms with Crippen molar-refractivity contribution >= 4 is 17.4 Å². The summed E-state index contributed by atoms with van der Waals surface area (Å²) in [6.07, 6.45) is 6.94. The summed E-state index contributed by atoms with van der Waals surface area (Å²) in [6, 6.07) is 0.516. The highest BCUT2D eigenvalue weighted by Gasteiger charge is 2.23. The quantitative estimate of drug-likeness (QED) is 0.818. The SMILES string of the molecule is CC1CCCC1Nc1ncncc1Cl. The van der Waals surface area contributed by atoms with E-state index >= 15 is 0 Å². The monoisotopic (exact) mass is 211 g/mol. The zero-order valence-electron chi connectivity index (χ0n) is 8.20. The number of hydrogen-bond donors (Lipinski definition) is 1. The summed E-state index contributed by atoms with van der Waals surface area (Å²) in [5.41, 5.74) is 0. The summed E-state index contributed by atoms with van der Waals surface area (Å²) < 4.78 is 0. The van der Waals surface area contributed by atoms with Crippen LogP contribution >= 0.6 is 11.6 Å². The number of aromatic nitrogens is 2. The first-order valence-corrected chi connectivity index (χ1v) is 5.37. The van der Waals surface area contributed by atoms with E-state index in [1.54, 1.807) is 6.20 Å². The molecule has 4 heteroatoms. The van der Waals surface area contributed by atoms with Crippen molar-refractivity contribution in [1.82, 2.24) is 9.97 Å². The number of rotatable bonds is 2. The van der Waals surface area contributed by atoms with Crippen LogP contribution in [0.4, 0.5) is 5.82 Å². The minimum absolute atomic E-state index is 0.516. The van der Waals surface area contributed by atoms with Gasteiger partial charge >= 0.3 is 0 Å². The molecule has 1 N–H and O–H groups in total. The predicted molar refractivity (Wildman–Crippen MR) is 57.5 cm³/mol. The lowest BCUT2D eigenvalue weighted by Crippen LogP contribution is -2.22. The third kappa shape index (κ3) is 1.98. The molecule has 0 amide bonds. The number of hydrogen-bond acceptors (Lipinski definition) is 3. The molecule has 1 heterocycles. The van der Waals surface area contributed by atoms with Crippen LogP contribution in [0, 0.1) is 5.92 Å². The van der Waals surface area contributed by atoms with Crippen LogP contribution in [-0.4, -0.2) is 16.0 Å². The van der Waals surface area contributed by atoms with E-state index < -0.39 is 0 Å². The fourth-order valence-corrected chi connectivity index (χ4v) is 2.11. The molecule has 0 radical (unpaired) electrons. The molecule has 0 bridgehead atoms. The maximum Gasteiger partial charge on any atom is 0.148 e. The molecule has 1 aromatic heterocycles. The van der Waals surface area contributed by atoms with Gasteiger partial charge in [0, 0.05) is 6.04 Å². The summed E-state index contributed by atoms with van der Waals surface area (Å²) in [7, 11) is 0. The second-order valence-electron chi connectivity index (χ2n) is 3.88. The molecule has 2 rings (SSSR count). The smallest absolute Gasteiger partial charge is 0.148 e. The molecule has 0 spiro atoms. The molecule has 1 fully saturated rings. The van der Waals surface area contributed by atoms with Gasteiger partial charge in [-0.3, -0.25) is 0 Å². The first-order chi connectivity index (χ1) is 6.77. The topological polar surface area (TPSA) is 37.8 Å². The van der Waals surface area contributed by atoms with Gasteiger partial charge in [0.2, 0.25) is 0 Å². The maximum atomic E-state index is 5.96. The third-order valence-electron chi connectivity index (χ3n) is 2.85. The molecule has 14 heavy (non-hydrogen) atoms. The van der Waals surface area contributed by atoms with E-state index in [2.05, 4.69) is 22.2 Å². The van der Waals surface area contributed by atoms with Crippen LogP contribution in [0.3, 0.4) is 0 Å². The van der Waals surface area contributed by atoms with Gasteiger partial charge in [0.25, 0.3) is 0 Å². The standard InChI is InChI=1S/C10H14ClN3/c1-7-3-2-4-9(7)14-10-8(11)5-12-6-13-10/h5-7,9H,2-4H2,1H3,(H,12,13,14). The summed E-state index contributed by atoms with van der Waals surface area (Å²) in [5, 5.41) is 3.98. The Morgan fingerprint density at radius 1 is 1.50 bits per heavy atom. The molecule has 0 aromatic carbocycles. The second-order valence-corrected chi connectivity index (χ2v) is 4.29. The zero-order valence-corrected chi connectivity index (χ0v) is 8.96. The van der Waals surface area contributed by atoms with Gasteiger partial charge in [-0.05, 0) is 18.8 Å². The second kappa shape index (κ2) is 4.13. The Morgan fingerprint density at radius 2 is 2.36 bits per heavy atom. The van der Waals surface area contributed by atoms with Crippen molar-refractivity contribution in [2.45, 2.75) is 32.2 Å². The van der Waals surface area contributed by atoms with Crippen LogP contribution in [-0.2, 0) is 0 Å². The highest BCUT2D eigenvalue weighted by atomic mass is 35.5. The first-order valence-electron chi connectivity index (χ1n) is 4.99.